The van der Waals surface area contributed by atoms with Crippen LogP contribution in [0, 0.1) is 0 Å². The van der Waals surface area contributed by atoms with Crippen LogP contribution in [0.2, 0.25) is 0 Å². The highest BCUT2D eigenvalue weighted by Crippen LogP contribution is 2.15. The molecule has 1 nitrogen and oxygen atoms in total. The molecule has 2 rings (SSSR count). The van der Waals surface area contributed by atoms with E-state index in [1.165, 1.54) is 10.0 Å². The zero-order chi connectivity index (χ0) is 6.97. The maximum absolute atomic E-state index is 4.17. The van der Waals surface area contributed by atoms with Gasteiger partial charge in [-0.1, -0.05) is 6.07 Å². The van der Waals surface area contributed by atoms with Crippen LogP contribution in [0.25, 0.3) is 10.2 Å². The second-order valence-electron chi connectivity index (χ2n) is 2.08. The monoisotopic (exact) mass is 167 g/mol. The number of thiazole rings is 1. The van der Waals surface area contributed by atoms with Gasteiger partial charge in [0, 0.05) is 0 Å². The molecule has 1 aromatic carbocycles. The molecule has 0 aliphatic heterocycles. The largest absolute Gasteiger partial charge is 0.245 e. The molecule has 1 heterocycles. The third kappa shape index (κ3) is 0.938. The lowest BCUT2D eigenvalue weighted by Crippen LogP contribution is -1.85. The van der Waals surface area contributed by atoms with Gasteiger partial charge in [-0.25, -0.2) is 4.98 Å². The molecular formula is C7H6NPS. The molecule has 50 valence electrons. The van der Waals surface area contributed by atoms with Gasteiger partial charge in [-0.05, 0) is 17.4 Å². The van der Waals surface area contributed by atoms with Gasteiger partial charge in [-0.3, -0.25) is 0 Å². The predicted molar refractivity (Wildman–Crippen MR) is 49.0 cm³/mol. The molecule has 3 heteroatoms. The highest BCUT2D eigenvalue weighted by molar-refractivity contribution is 7.27. The Kier molecular flexibility index (Phi) is 1.44. The number of fused-ring (bicyclic) bond motifs is 1. The first-order valence-corrected chi connectivity index (χ1v) is 4.41. The molecule has 0 N–H and O–H groups in total. The Bertz CT molecular complexity index is 355. The normalized spacial score (nSPS) is 10.5. The quantitative estimate of drug-likeness (QED) is 0.545. The lowest BCUT2D eigenvalue weighted by Gasteiger charge is -1.88. The third-order valence-corrected chi connectivity index (χ3v) is 2.51. The van der Waals surface area contributed by atoms with Crippen molar-refractivity contribution in [2.24, 2.45) is 0 Å². The first-order chi connectivity index (χ1) is 4.86. The number of rotatable bonds is 0. The lowest BCUT2D eigenvalue weighted by molar-refractivity contribution is 1.50. The smallest absolute Gasteiger partial charge is 0.0812 e. The van der Waals surface area contributed by atoms with Crippen LogP contribution in [0.4, 0.5) is 0 Å². The molecule has 0 amide bonds. The van der Waals surface area contributed by atoms with E-state index in [-0.39, 0.29) is 0 Å². The average molecular weight is 167 g/mol. The maximum Gasteiger partial charge on any atom is 0.0812 e. The summed E-state index contributed by atoms with van der Waals surface area (Å²) in [7, 11) is 2.67. The number of aromatic nitrogens is 1. The Morgan fingerprint density at radius 2 is 2.30 bits per heavy atom. The highest BCUT2D eigenvalue weighted by Gasteiger charge is 1.93. The molecule has 0 radical (unpaired) electrons. The minimum atomic E-state index is 1.09. The minimum absolute atomic E-state index is 1.09. The summed E-state index contributed by atoms with van der Waals surface area (Å²) in [6.45, 7) is 0. The fourth-order valence-corrected chi connectivity index (χ4v) is 1.98. The average Bonchev–Trinajstić information content (AvgIpc) is 2.33. The maximum atomic E-state index is 4.17. The van der Waals surface area contributed by atoms with E-state index < -0.39 is 0 Å². The van der Waals surface area contributed by atoms with Crippen molar-refractivity contribution < 1.29 is 0 Å². The molecule has 1 aromatic heterocycles. The topological polar surface area (TPSA) is 12.9 Å². The molecule has 0 saturated heterocycles. The number of benzene rings is 1. The van der Waals surface area contributed by atoms with Gasteiger partial charge in [0.1, 0.15) is 0 Å². The fraction of sp³-hybridized carbons (Fsp3) is 0. The summed E-state index contributed by atoms with van der Waals surface area (Å²) in [6.07, 6.45) is 0. The Morgan fingerprint density at radius 1 is 1.40 bits per heavy atom. The van der Waals surface area contributed by atoms with Crippen molar-refractivity contribution in [2.45, 2.75) is 0 Å². The molecule has 1 atom stereocenters. The molecule has 1 unspecified atom stereocenters. The van der Waals surface area contributed by atoms with E-state index >= 15 is 0 Å². The van der Waals surface area contributed by atoms with Crippen LogP contribution in [0.15, 0.2) is 23.7 Å². The molecule has 0 bridgehead atoms. The van der Waals surface area contributed by atoms with Crippen LogP contribution in [-0.2, 0) is 0 Å². The van der Waals surface area contributed by atoms with Crippen molar-refractivity contribution in [1.29, 1.82) is 0 Å². The first kappa shape index (κ1) is 6.26. The van der Waals surface area contributed by atoms with Crippen molar-refractivity contribution in [1.82, 2.24) is 4.98 Å². The summed E-state index contributed by atoms with van der Waals surface area (Å²) in [6, 6.07) is 6.21. The van der Waals surface area contributed by atoms with Crippen LogP contribution in [0.1, 0.15) is 0 Å². The van der Waals surface area contributed by atoms with Gasteiger partial charge in [0.2, 0.25) is 0 Å². The molecule has 2 aromatic rings. The molecule has 0 fully saturated rings. The van der Waals surface area contributed by atoms with E-state index in [2.05, 4.69) is 20.3 Å². The summed E-state index contributed by atoms with van der Waals surface area (Å²) in [5.74, 6) is 0. The molecule has 0 spiro atoms. The Morgan fingerprint density at radius 3 is 3.20 bits per heavy atom. The zero-order valence-corrected chi connectivity index (χ0v) is 7.21. The minimum Gasteiger partial charge on any atom is -0.245 e. The first-order valence-electron chi connectivity index (χ1n) is 2.95. The number of hydrogen-bond acceptors (Lipinski definition) is 2. The van der Waals surface area contributed by atoms with Crippen LogP contribution in [-0.4, -0.2) is 4.98 Å². The number of hydrogen-bond donors (Lipinski definition) is 0. The molecule has 0 aliphatic rings. The van der Waals surface area contributed by atoms with E-state index in [0.717, 1.165) is 5.52 Å². The summed E-state index contributed by atoms with van der Waals surface area (Å²) in [5, 5.41) is 1.22. The van der Waals surface area contributed by atoms with Gasteiger partial charge in [-0.2, -0.15) is 0 Å². The van der Waals surface area contributed by atoms with Crippen LogP contribution >= 0.6 is 20.6 Å². The van der Waals surface area contributed by atoms with Gasteiger partial charge < -0.3 is 0 Å². The van der Waals surface area contributed by atoms with Gasteiger partial charge in [0.15, 0.2) is 0 Å². The van der Waals surface area contributed by atoms with Crippen LogP contribution in [0.3, 0.4) is 0 Å². The summed E-state index contributed by atoms with van der Waals surface area (Å²) in [4.78, 5) is 4.17. The predicted octanol–water partition coefficient (Wildman–Crippen LogP) is 1.80. The highest BCUT2D eigenvalue weighted by atomic mass is 32.1. The Labute approximate surface area is 65.3 Å². The van der Waals surface area contributed by atoms with Gasteiger partial charge >= 0.3 is 0 Å². The second kappa shape index (κ2) is 2.30. The SMILES string of the molecule is Pc1ccc2ncsc2c1. The van der Waals surface area contributed by atoms with Crippen molar-refractivity contribution in [3.63, 3.8) is 0 Å². The summed E-state index contributed by atoms with van der Waals surface area (Å²) in [5.41, 5.74) is 2.96. The van der Waals surface area contributed by atoms with Crippen LogP contribution in [0.5, 0.6) is 0 Å². The standard InChI is InChI=1S/C7H6NPS/c9-5-1-2-6-7(3-5)10-4-8-6/h1-4H,9H2. The fourth-order valence-electron chi connectivity index (χ4n) is 0.872. The molecule has 0 aliphatic carbocycles. The van der Waals surface area contributed by atoms with Crippen molar-refractivity contribution in [3.05, 3.63) is 23.7 Å². The van der Waals surface area contributed by atoms with E-state index in [4.69, 9.17) is 0 Å². The van der Waals surface area contributed by atoms with Crippen molar-refractivity contribution in [3.8, 4) is 0 Å². The Balaban J connectivity index is 2.86. The lowest BCUT2D eigenvalue weighted by atomic mass is 10.3. The van der Waals surface area contributed by atoms with E-state index in [1.54, 1.807) is 11.3 Å². The molecule has 10 heavy (non-hydrogen) atoms. The van der Waals surface area contributed by atoms with Gasteiger partial charge in [0.05, 0.1) is 15.7 Å². The molecular weight excluding hydrogens is 161 g/mol. The van der Waals surface area contributed by atoms with Crippen molar-refractivity contribution in [2.75, 3.05) is 0 Å². The third-order valence-electron chi connectivity index (χ3n) is 1.36. The second-order valence-corrected chi connectivity index (χ2v) is 3.63. The van der Waals surface area contributed by atoms with E-state index in [9.17, 15) is 0 Å². The van der Waals surface area contributed by atoms with E-state index in [0.29, 0.717) is 0 Å². The Hall–Kier alpha value is -0.460. The van der Waals surface area contributed by atoms with Gasteiger partial charge in [0.25, 0.3) is 0 Å². The summed E-state index contributed by atoms with van der Waals surface area (Å²) < 4.78 is 1.26. The molecule has 0 saturated carbocycles. The van der Waals surface area contributed by atoms with Gasteiger partial charge in [-0.15, -0.1) is 20.6 Å². The van der Waals surface area contributed by atoms with Crippen molar-refractivity contribution >= 4 is 36.1 Å². The van der Waals surface area contributed by atoms with E-state index in [1.807, 2.05) is 17.6 Å². The van der Waals surface area contributed by atoms with Crippen LogP contribution < -0.4 is 5.30 Å². The zero-order valence-electron chi connectivity index (χ0n) is 5.24. The summed E-state index contributed by atoms with van der Waals surface area (Å²) >= 11 is 1.68. The number of nitrogens with zero attached hydrogens (tertiary/aromatic N) is 1.